The first kappa shape index (κ1) is 14.3. The number of benzene rings is 2. The smallest absolute Gasteiger partial charge is 0.124 e. The Morgan fingerprint density at radius 3 is 2.50 bits per heavy atom. The first-order valence-corrected chi connectivity index (χ1v) is 7.07. The van der Waals surface area contributed by atoms with Crippen LogP contribution in [0.15, 0.2) is 47.5 Å². The standard InChI is InChI=1S/C18H21NO/c1-4-14-9-7-10-16(13(2)3)18(14)19-12-15-8-5-6-11-17(15)20/h5-13,20H,4H2,1-3H3. The molecule has 104 valence electrons. The van der Waals surface area contributed by atoms with Crippen LogP contribution in [0.2, 0.25) is 0 Å². The van der Waals surface area contributed by atoms with E-state index in [0.717, 1.165) is 17.7 Å². The second kappa shape index (κ2) is 6.38. The van der Waals surface area contributed by atoms with Gasteiger partial charge in [-0.25, -0.2) is 0 Å². The minimum Gasteiger partial charge on any atom is -0.507 e. The van der Waals surface area contributed by atoms with Crippen LogP contribution in [-0.2, 0) is 6.42 Å². The van der Waals surface area contributed by atoms with Crippen LogP contribution in [0, 0.1) is 0 Å². The Labute approximate surface area is 120 Å². The molecule has 0 aliphatic rings. The summed E-state index contributed by atoms with van der Waals surface area (Å²) in [4.78, 5) is 4.64. The molecule has 0 radical (unpaired) electrons. The van der Waals surface area contributed by atoms with E-state index in [2.05, 4.69) is 44.0 Å². The third-order valence-corrected chi connectivity index (χ3v) is 3.42. The molecule has 0 fully saturated rings. The summed E-state index contributed by atoms with van der Waals surface area (Å²) >= 11 is 0. The van der Waals surface area contributed by atoms with Crippen molar-refractivity contribution in [2.24, 2.45) is 4.99 Å². The summed E-state index contributed by atoms with van der Waals surface area (Å²) in [5, 5.41) is 9.80. The van der Waals surface area contributed by atoms with Crippen LogP contribution in [0.4, 0.5) is 5.69 Å². The molecule has 0 heterocycles. The lowest BCUT2D eigenvalue weighted by Gasteiger charge is -2.13. The molecule has 0 aliphatic heterocycles. The summed E-state index contributed by atoms with van der Waals surface area (Å²) in [5.74, 6) is 0.689. The maximum Gasteiger partial charge on any atom is 0.124 e. The van der Waals surface area contributed by atoms with E-state index in [1.165, 1.54) is 11.1 Å². The highest BCUT2D eigenvalue weighted by Gasteiger charge is 2.09. The number of aryl methyl sites for hydroxylation is 1. The van der Waals surface area contributed by atoms with Crippen molar-refractivity contribution in [2.75, 3.05) is 0 Å². The second-order valence-corrected chi connectivity index (χ2v) is 5.18. The van der Waals surface area contributed by atoms with Gasteiger partial charge in [-0.05, 0) is 35.6 Å². The van der Waals surface area contributed by atoms with Crippen LogP contribution in [0.1, 0.15) is 43.4 Å². The molecule has 0 amide bonds. The number of phenolic OH excluding ortho intramolecular Hbond substituents is 1. The van der Waals surface area contributed by atoms with Gasteiger partial charge in [-0.3, -0.25) is 4.99 Å². The largest absolute Gasteiger partial charge is 0.507 e. The third kappa shape index (κ3) is 3.08. The number of rotatable bonds is 4. The number of aromatic hydroxyl groups is 1. The van der Waals surface area contributed by atoms with E-state index >= 15 is 0 Å². The van der Waals surface area contributed by atoms with Crippen molar-refractivity contribution >= 4 is 11.9 Å². The number of hydrogen-bond donors (Lipinski definition) is 1. The predicted molar refractivity (Wildman–Crippen MR) is 85.3 cm³/mol. The number of phenols is 1. The highest BCUT2D eigenvalue weighted by Crippen LogP contribution is 2.31. The molecule has 0 saturated carbocycles. The Bertz CT molecular complexity index is 615. The van der Waals surface area contributed by atoms with Gasteiger partial charge in [0, 0.05) is 11.8 Å². The zero-order valence-corrected chi connectivity index (χ0v) is 12.3. The van der Waals surface area contributed by atoms with Crippen molar-refractivity contribution in [1.82, 2.24) is 0 Å². The van der Waals surface area contributed by atoms with Gasteiger partial charge < -0.3 is 5.11 Å². The Kier molecular flexibility index (Phi) is 4.57. The summed E-state index contributed by atoms with van der Waals surface area (Å²) in [6, 6.07) is 13.6. The molecule has 2 rings (SSSR count). The van der Waals surface area contributed by atoms with E-state index in [1.54, 1.807) is 12.3 Å². The van der Waals surface area contributed by atoms with Crippen LogP contribution < -0.4 is 0 Å². The third-order valence-electron chi connectivity index (χ3n) is 3.42. The molecular weight excluding hydrogens is 246 g/mol. The first-order chi connectivity index (χ1) is 9.63. The van der Waals surface area contributed by atoms with Crippen molar-refractivity contribution in [2.45, 2.75) is 33.1 Å². The average Bonchev–Trinajstić information content (AvgIpc) is 2.46. The van der Waals surface area contributed by atoms with Crippen molar-refractivity contribution in [3.63, 3.8) is 0 Å². The second-order valence-electron chi connectivity index (χ2n) is 5.18. The molecule has 0 spiro atoms. The van der Waals surface area contributed by atoms with E-state index in [9.17, 15) is 5.11 Å². The lowest BCUT2D eigenvalue weighted by molar-refractivity contribution is 0.474. The van der Waals surface area contributed by atoms with E-state index in [0.29, 0.717) is 5.92 Å². The summed E-state index contributed by atoms with van der Waals surface area (Å²) in [6.07, 6.45) is 2.70. The Morgan fingerprint density at radius 2 is 1.85 bits per heavy atom. The minimum atomic E-state index is 0.260. The molecular formula is C18H21NO. The molecule has 0 atom stereocenters. The lowest BCUT2D eigenvalue weighted by Crippen LogP contribution is -1.93. The van der Waals surface area contributed by atoms with Crippen LogP contribution >= 0.6 is 0 Å². The molecule has 2 aromatic rings. The normalized spacial score (nSPS) is 11.4. The van der Waals surface area contributed by atoms with Gasteiger partial charge in [0.25, 0.3) is 0 Å². The minimum absolute atomic E-state index is 0.260. The molecule has 2 aromatic carbocycles. The number of para-hydroxylation sites is 2. The monoisotopic (exact) mass is 267 g/mol. The highest BCUT2D eigenvalue weighted by atomic mass is 16.3. The quantitative estimate of drug-likeness (QED) is 0.791. The number of hydrogen-bond acceptors (Lipinski definition) is 2. The first-order valence-electron chi connectivity index (χ1n) is 7.07. The van der Waals surface area contributed by atoms with E-state index < -0.39 is 0 Å². The van der Waals surface area contributed by atoms with E-state index in [-0.39, 0.29) is 5.75 Å². The molecule has 0 aromatic heterocycles. The van der Waals surface area contributed by atoms with Gasteiger partial charge >= 0.3 is 0 Å². The average molecular weight is 267 g/mol. The molecule has 0 aliphatic carbocycles. The van der Waals surface area contributed by atoms with E-state index in [4.69, 9.17) is 0 Å². The zero-order chi connectivity index (χ0) is 14.5. The Balaban J connectivity index is 2.45. The van der Waals surface area contributed by atoms with Gasteiger partial charge in [-0.1, -0.05) is 51.1 Å². The molecule has 20 heavy (non-hydrogen) atoms. The number of nitrogens with zero attached hydrogens (tertiary/aromatic N) is 1. The van der Waals surface area contributed by atoms with E-state index in [1.807, 2.05) is 18.2 Å². The maximum absolute atomic E-state index is 9.80. The van der Waals surface area contributed by atoms with Gasteiger partial charge in [-0.2, -0.15) is 0 Å². The molecule has 2 nitrogen and oxygen atoms in total. The molecule has 0 saturated heterocycles. The van der Waals surface area contributed by atoms with Gasteiger partial charge in [0.2, 0.25) is 0 Å². The molecule has 2 heteroatoms. The lowest BCUT2D eigenvalue weighted by atomic mass is 9.97. The van der Waals surface area contributed by atoms with Crippen molar-refractivity contribution < 1.29 is 5.11 Å². The van der Waals surface area contributed by atoms with Gasteiger partial charge in [0.15, 0.2) is 0 Å². The van der Waals surface area contributed by atoms with Crippen molar-refractivity contribution in [3.8, 4) is 5.75 Å². The Morgan fingerprint density at radius 1 is 1.10 bits per heavy atom. The fourth-order valence-corrected chi connectivity index (χ4v) is 2.25. The van der Waals surface area contributed by atoms with Gasteiger partial charge in [-0.15, -0.1) is 0 Å². The summed E-state index contributed by atoms with van der Waals surface area (Å²) in [6.45, 7) is 6.49. The fourth-order valence-electron chi connectivity index (χ4n) is 2.25. The molecule has 0 unspecified atom stereocenters. The zero-order valence-electron chi connectivity index (χ0n) is 12.3. The van der Waals surface area contributed by atoms with Gasteiger partial charge in [0.1, 0.15) is 5.75 Å². The maximum atomic E-state index is 9.80. The van der Waals surface area contributed by atoms with Crippen molar-refractivity contribution in [1.29, 1.82) is 0 Å². The van der Waals surface area contributed by atoms with Crippen molar-refractivity contribution in [3.05, 3.63) is 59.2 Å². The van der Waals surface area contributed by atoms with Gasteiger partial charge in [0.05, 0.1) is 5.69 Å². The SMILES string of the molecule is CCc1cccc(C(C)C)c1N=Cc1ccccc1O. The van der Waals surface area contributed by atoms with Crippen LogP contribution in [0.5, 0.6) is 5.75 Å². The molecule has 1 N–H and O–H groups in total. The Hall–Kier alpha value is -2.09. The highest BCUT2D eigenvalue weighted by molar-refractivity contribution is 5.86. The number of aliphatic imine (C=N–C) groups is 1. The summed E-state index contributed by atoms with van der Waals surface area (Å²) in [7, 11) is 0. The van der Waals surface area contributed by atoms with Crippen LogP contribution in [-0.4, -0.2) is 11.3 Å². The molecule has 0 bridgehead atoms. The van der Waals surface area contributed by atoms with Crippen LogP contribution in [0.25, 0.3) is 0 Å². The topological polar surface area (TPSA) is 32.6 Å². The van der Waals surface area contributed by atoms with Crippen LogP contribution in [0.3, 0.4) is 0 Å². The predicted octanol–water partition coefficient (Wildman–Crippen LogP) is 4.83. The summed E-state index contributed by atoms with van der Waals surface area (Å²) < 4.78 is 0. The summed E-state index contributed by atoms with van der Waals surface area (Å²) in [5.41, 5.74) is 4.26. The fraction of sp³-hybridized carbons (Fsp3) is 0.278.